The molecule has 1 aromatic heterocycles. The van der Waals surface area contributed by atoms with Crippen molar-refractivity contribution < 1.29 is 8.42 Å². The van der Waals surface area contributed by atoms with Gasteiger partial charge in [-0.2, -0.15) is 0 Å². The summed E-state index contributed by atoms with van der Waals surface area (Å²) in [7, 11) is -2.01. The maximum atomic E-state index is 12.3. The highest BCUT2D eigenvalue weighted by Crippen LogP contribution is 2.24. The van der Waals surface area contributed by atoms with Crippen LogP contribution in [0, 0.1) is 0 Å². The number of halogens is 2. The minimum Gasteiger partial charge on any atom is -0.316 e. The molecule has 8 heteroatoms. The summed E-state index contributed by atoms with van der Waals surface area (Å²) in [5.41, 5.74) is 0.814. The summed E-state index contributed by atoms with van der Waals surface area (Å²) < 4.78 is 26.9. The maximum Gasteiger partial charge on any atom is 0.263 e. The Morgan fingerprint density at radius 3 is 2.57 bits per heavy atom. The van der Waals surface area contributed by atoms with Gasteiger partial charge >= 0.3 is 0 Å². The van der Waals surface area contributed by atoms with Crippen LogP contribution in [0.25, 0.3) is 0 Å². The van der Waals surface area contributed by atoms with E-state index < -0.39 is 10.0 Å². The quantitative estimate of drug-likeness (QED) is 0.873. The lowest BCUT2D eigenvalue weighted by Gasteiger charge is -2.10. The van der Waals surface area contributed by atoms with E-state index in [0.717, 1.165) is 5.56 Å². The van der Waals surface area contributed by atoms with Crippen molar-refractivity contribution in [3.05, 3.63) is 52.1 Å². The largest absolute Gasteiger partial charge is 0.316 e. The van der Waals surface area contributed by atoms with E-state index in [0.29, 0.717) is 11.6 Å². The minimum atomic E-state index is -3.79. The van der Waals surface area contributed by atoms with Gasteiger partial charge in [0.25, 0.3) is 10.0 Å². The first kappa shape index (κ1) is 16.0. The molecule has 0 fully saturated rings. The number of aromatic nitrogens is 1. The van der Waals surface area contributed by atoms with Crippen LogP contribution in [0.2, 0.25) is 10.0 Å². The molecule has 1 aromatic carbocycles. The molecule has 5 nitrogen and oxygen atoms in total. The summed E-state index contributed by atoms with van der Waals surface area (Å²) in [5.74, 6) is 0.0783. The second-order valence-corrected chi connectivity index (χ2v) is 6.72. The number of sulfonamides is 1. The Morgan fingerprint density at radius 1 is 1.19 bits per heavy atom. The van der Waals surface area contributed by atoms with Crippen molar-refractivity contribution >= 4 is 39.0 Å². The second kappa shape index (κ2) is 6.62. The molecule has 2 N–H and O–H groups in total. The van der Waals surface area contributed by atoms with Crippen LogP contribution in [0.15, 0.2) is 41.4 Å². The standard InChI is InChI=1S/C13H13Cl2N3O2S/c1-16-8-9-4-5-10(7-12(9)15)21(19,20)18-13-11(14)3-2-6-17-13/h2-7,16H,8H2,1H3,(H,17,18). The average molecular weight is 346 g/mol. The zero-order chi connectivity index (χ0) is 15.5. The van der Waals surface area contributed by atoms with E-state index in [4.69, 9.17) is 23.2 Å². The molecule has 0 saturated carbocycles. The van der Waals surface area contributed by atoms with Gasteiger partial charge in [-0.05, 0) is 36.9 Å². The summed E-state index contributed by atoms with van der Waals surface area (Å²) >= 11 is 12.0. The molecule has 2 aromatic rings. The summed E-state index contributed by atoms with van der Waals surface area (Å²) in [4.78, 5) is 3.94. The number of nitrogens with zero attached hydrogens (tertiary/aromatic N) is 1. The fraction of sp³-hybridized carbons (Fsp3) is 0.154. The van der Waals surface area contributed by atoms with Gasteiger partial charge in [0.2, 0.25) is 0 Å². The molecule has 0 radical (unpaired) electrons. The van der Waals surface area contributed by atoms with Gasteiger partial charge in [-0.25, -0.2) is 13.4 Å². The van der Waals surface area contributed by atoms with Crippen molar-refractivity contribution in [1.29, 1.82) is 0 Å². The lowest BCUT2D eigenvalue weighted by Crippen LogP contribution is -2.14. The van der Waals surface area contributed by atoms with Gasteiger partial charge in [0.1, 0.15) is 0 Å². The van der Waals surface area contributed by atoms with Crippen LogP contribution in [0.4, 0.5) is 5.82 Å². The van der Waals surface area contributed by atoms with Crippen LogP contribution in [0.3, 0.4) is 0 Å². The third kappa shape index (κ3) is 3.85. The molecular formula is C13H13Cl2N3O2S. The third-order valence-corrected chi connectivity index (χ3v) is 4.69. The molecule has 0 bridgehead atoms. The van der Waals surface area contributed by atoms with E-state index in [1.807, 2.05) is 0 Å². The first-order valence-corrected chi connectivity index (χ1v) is 8.24. The number of hydrogen-bond acceptors (Lipinski definition) is 4. The summed E-state index contributed by atoms with van der Waals surface area (Å²) in [6.45, 7) is 0.554. The zero-order valence-electron chi connectivity index (χ0n) is 11.1. The normalized spacial score (nSPS) is 11.4. The fourth-order valence-electron chi connectivity index (χ4n) is 1.68. The van der Waals surface area contributed by atoms with E-state index in [2.05, 4.69) is 15.0 Å². The molecule has 0 saturated heterocycles. The van der Waals surface area contributed by atoms with Crippen molar-refractivity contribution in [2.45, 2.75) is 11.4 Å². The lowest BCUT2D eigenvalue weighted by atomic mass is 10.2. The third-order valence-electron chi connectivity index (χ3n) is 2.69. The van der Waals surface area contributed by atoms with Crippen LogP contribution >= 0.6 is 23.2 Å². The second-order valence-electron chi connectivity index (χ2n) is 4.22. The van der Waals surface area contributed by atoms with Crippen LogP contribution in [0.1, 0.15) is 5.56 Å². The highest BCUT2D eigenvalue weighted by atomic mass is 35.5. The van der Waals surface area contributed by atoms with Crippen LogP contribution in [-0.4, -0.2) is 20.4 Å². The monoisotopic (exact) mass is 345 g/mol. The number of nitrogens with one attached hydrogen (secondary N) is 2. The summed E-state index contributed by atoms with van der Waals surface area (Å²) in [6.07, 6.45) is 1.45. The van der Waals surface area contributed by atoms with Gasteiger partial charge in [0.05, 0.1) is 9.92 Å². The van der Waals surface area contributed by atoms with E-state index in [1.54, 1.807) is 25.2 Å². The highest BCUT2D eigenvalue weighted by molar-refractivity contribution is 7.92. The highest BCUT2D eigenvalue weighted by Gasteiger charge is 2.17. The van der Waals surface area contributed by atoms with Crippen molar-refractivity contribution in [3.63, 3.8) is 0 Å². The van der Waals surface area contributed by atoms with E-state index in [1.165, 1.54) is 18.3 Å². The molecule has 0 spiro atoms. The Labute approximate surface area is 133 Å². The predicted molar refractivity (Wildman–Crippen MR) is 84.3 cm³/mol. The number of anilines is 1. The van der Waals surface area contributed by atoms with Crippen LogP contribution in [0.5, 0.6) is 0 Å². The molecule has 0 amide bonds. The first-order valence-electron chi connectivity index (χ1n) is 6.00. The molecule has 0 unspecified atom stereocenters. The summed E-state index contributed by atoms with van der Waals surface area (Å²) in [6, 6.07) is 7.71. The molecule has 0 atom stereocenters. The maximum absolute atomic E-state index is 12.3. The molecule has 0 aliphatic rings. The first-order chi connectivity index (χ1) is 9.94. The number of rotatable bonds is 5. The molecular weight excluding hydrogens is 333 g/mol. The molecule has 0 aliphatic heterocycles. The van der Waals surface area contributed by atoms with Crippen molar-refractivity contribution in [3.8, 4) is 0 Å². The predicted octanol–water partition coefficient (Wildman–Crippen LogP) is 2.91. The van der Waals surface area contributed by atoms with E-state index >= 15 is 0 Å². The molecule has 0 aliphatic carbocycles. The lowest BCUT2D eigenvalue weighted by molar-refractivity contribution is 0.601. The van der Waals surface area contributed by atoms with Crippen LogP contribution < -0.4 is 10.0 Å². The minimum absolute atomic E-state index is 0.0501. The van der Waals surface area contributed by atoms with E-state index in [-0.39, 0.29) is 15.7 Å². The number of benzene rings is 1. The van der Waals surface area contributed by atoms with Crippen molar-refractivity contribution in [1.82, 2.24) is 10.3 Å². The summed E-state index contributed by atoms with van der Waals surface area (Å²) in [5, 5.41) is 3.55. The smallest absolute Gasteiger partial charge is 0.263 e. The molecule has 1 heterocycles. The number of pyridine rings is 1. The molecule has 112 valence electrons. The number of hydrogen-bond donors (Lipinski definition) is 2. The van der Waals surface area contributed by atoms with Gasteiger partial charge in [-0.15, -0.1) is 0 Å². The Bertz CT molecular complexity index is 751. The SMILES string of the molecule is CNCc1ccc(S(=O)(=O)Nc2ncccc2Cl)cc1Cl. The Kier molecular flexibility index (Phi) is 5.05. The van der Waals surface area contributed by atoms with Crippen LogP contribution in [-0.2, 0) is 16.6 Å². The topological polar surface area (TPSA) is 71.1 Å². The average Bonchev–Trinajstić information content (AvgIpc) is 2.43. The van der Waals surface area contributed by atoms with Gasteiger partial charge < -0.3 is 5.32 Å². The molecule has 2 rings (SSSR count). The van der Waals surface area contributed by atoms with Gasteiger partial charge in [-0.3, -0.25) is 4.72 Å². The Balaban J connectivity index is 2.32. The molecule has 21 heavy (non-hydrogen) atoms. The van der Waals surface area contributed by atoms with Crippen molar-refractivity contribution in [2.24, 2.45) is 0 Å². The van der Waals surface area contributed by atoms with Gasteiger partial charge in [0.15, 0.2) is 5.82 Å². The van der Waals surface area contributed by atoms with Gasteiger partial charge in [-0.1, -0.05) is 29.3 Å². The van der Waals surface area contributed by atoms with Gasteiger partial charge in [0, 0.05) is 17.8 Å². The zero-order valence-corrected chi connectivity index (χ0v) is 13.4. The van der Waals surface area contributed by atoms with E-state index in [9.17, 15) is 8.42 Å². The van der Waals surface area contributed by atoms with Crippen molar-refractivity contribution in [2.75, 3.05) is 11.8 Å². The fourth-order valence-corrected chi connectivity index (χ4v) is 3.27. The Morgan fingerprint density at radius 2 is 1.95 bits per heavy atom. The Hall–Kier alpha value is -1.34.